The van der Waals surface area contributed by atoms with E-state index in [2.05, 4.69) is 15.5 Å². The number of rotatable bonds is 4. The van der Waals surface area contributed by atoms with Gasteiger partial charge in [-0.05, 0) is 26.8 Å². The largest absolute Gasteiger partial charge is 0.379 e. The summed E-state index contributed by atoms with van der Waals surface area (Å²) in [7, 11) is 0. The van der Waals surface area contributed by atoms with E-state index in [0.717, 1.165) is 6.54 Å². The average Bonchev–Trinajstić information content (AvgIpc) is 2.86. The summed E-state index contributed by atoms with van der Waals surface area (Å²) in [5, 5.41) is 17.1. The highest BCUT2D eigenvalue weighted by atomic mass is 16.5. The Hall–Kier alpha value is -0.980. The van der Waals surface area contributed by atoms with E-state index in [1.54, 1.807) is 0 Å². The van der Waals surface area contributed by atoms with Crippen LogP contribution in [0.1, 0.15) is 38.1 Å². The Kier molecular flexibility index (Phi) is 3.22. The van der Waals surface area contributed by atoms with Crippen molar-refractivity contribution in [2.24, 2.45) is 0 Å². The third-order valence-electron chi connectivity index (χ3n) is 2.75. The molecule has 2 heterocycles. The summed E-state index contributed by atoms with van der Waals surface area (Å²) in [4.78, 5) is 4.19. The van der Waals surface area contributed by atoms with Crippen molar-refractivity contribution in [3.05, 3.63) is 11.7 Å². The van der Waals surface area contributed by atoms with Gasteiger partial charge >= 0.3 is 0 Å². The molecule has 6 nitrogen and oxygen atoms in total. The SMILES string of the molecule is CCOC(C)c1noc(C2(O)CCNC2)n1. The van der Waals surface area contributed by atoms with Crippen LogP contribution in [0, 0.1) is 0 Å². The maximum absolute atomic E-state index is 10.2. The summed E-state index contributed by atoms with van der Waals surface area (Å²) in [6.07, 6.45) is 0.387. The minimum atomic E-state index is -1.02. The molecule has 0 bridgehead atoms. The van der Waals surface area contributed by atoms with Crippen molar-refractivity contribution in [1.29, 1.82) is 0 Å². The molecule has 0 aliphatic carbocycles. The highest BCUT2D eigenvalue weighted by Gasteiger charge is 2.39. The zero-order chi connectivity index (χ0) is 11.6. The molecule has 1 aliphatic rings. The van der Waals surface area contributed by atoms with Gasteiger partial charge in [-0.1, -0.05) is 5.16 Å². The van der Waals surface area contributed by atoms with E-state index in [4.69, 9.17) is 9.26 Å². The van der Waals surface area contributed by atoms with Crippen LogP contribution in [-0.2, 0) is 10.3 Å². The van der Waals surface area contributed by atoms with Crippen LogP contribution < -0.4 is 5.32 Å². The van der Waals surface area contributed by atoms with Gasteiger partial charge < -0.3 is 19.7 Å². The Bertz CT molecular complexity index is 347. The molecule has 1 aromatic heterocycles. The van der Waals surface area contributed by atoms with E-state index in [0.29, 0.717) is 25.4 Å². The Labute approximate surface area is 94.0 Å². The third-order valence-corrected chi connectivity index (χ3v) is 2.75. The van der Waals surface area contributed by atoms with E-state index in [9.17, 15) is 5.11 Å². The highest BCUT2D eigenvalue weighted by Crippen LogP contribution is 2.27. The van der Waals surface area contributed by atoms with Gasteiger partial charge in [-0.15, -0.1) is 0 Å². The second-order valence-electron chi connectivity index (χ2n) is 4.01. The molecule has 1 fully saturated rings. The Morgan fingerprint density at radius 3 is 3.12 bits per heavy atom. The first-order valence-corrected chi connectivity index (χ1v) is 5.54. The lowest BCUT2D eigenvalue weighted by molar-refractivity contribution is 0.0242. The second kappa shape index (κ2) is 4.48. The number of aliphatic hydroxyl groups is 1. The molecule has 2 atom stereocenters. The van der Waals surface area contributed by atoms with Crippen LogP contribution in [0.3, 0.4) is 0 Å². The molecular weight excluding hydrogens is 210 g/mol. The quantitative estimate of drug-likeness (QED) is 0.772. The number of aromatic nitrogens is 2. The highest BCUT2D eigenvalue weighted by molar-refractivity contribution is 5.04. The predicted octanol–water partition coefficient (Wildman–Crippen LogP) is 0.348. The van der Waals surface area contributed by atoms with Crippen molar-refractivity contribution in [3.8, 4) is 0 Å². The normalized spacial score (nSPS) is 27.2. The maximum Gasteiger partial charge on any atom is 0.260 e. The first-order chi connectivity index (χ1) is 7.65. The summed E-state index contributed by atoms with van der Waals surface area (Å²) < 4.78 is 10.4. The average molecular weight is 227 g/mol. The summed E-state index contributed by atoms with van der Waals surface area (Å²) in [5.74, 6) is 0.760. The minimum Gasteiger partial charge on any atom is -0.379 e. The third kappa shape index (κ3) is 2.09. The lowest BCUT2D eigenvalue weighted by Gasteiger charge is -2.14. The number of hydrogen-bond acceptors (Lipinski definition) is 6. The monoisotopic (exact) mass is 227 g/mol. The molecule has 6 heteroatoms. The fraction of sp³-hybridized carbons (Fsp3) is 0.800. The molecule has 1 aliphatic heterocycles. The van der Waals surface area contributed by atoms with Gasteiger partial charge in [0.05, 0.1) is 0 Å². The summed E-state index contributed by atoms with van der Waals surface area (Å²) >= 11 is 0. The fourth-order valence-electron chi connectivity index (χ4n) is 1.77. The zero-order valence-corrected chi connectivity index (χ0v) is 9.56. The van der Waals surface area contributed by atoms with Crippen molar-refractivity contribution in [2.45, 2.75) is 32.0 Å². The van der Waals surface area contributed by atoms with Gasteiger partial charge in [0, 0.05) is 13.2 Å². The van der Waals surface area contributed by atoms with Gasteiger partial charge in [-0.2, -0.15) is 4.98 Å². The molecule has 2 rings (SSSR count). The number of nitrogens with one attached hydrogen (secondary N) is 1. The van der Waals surface area contributed by atoms with E-state index < -0.39 is 5.60 Å². The zero-order valence-electron chi connectivity index (χ0n) is 9.56. The lowest BCUT2D eigenvalue weighted by Crippen LogP contribution is -2.28. The van der Waals surface area contributed by atoms with Crippen molar-refractivity contribution in [1.82, 2.24) is 15.5 Å². The van der Waals surface area contributed by atoms with Crippen LogP contribution in [-0.4, -0.2) is 34.9 Å². The molecule has 90 valence electrons. The van der Waals surface area contributed by atoms with Crippen LogP contribution in [0.2, 0.25) is 0 Å². The van der Waals surface area contributed by atoms with E-state index in [1.807, 2.05) is 13.8 Å². The Morgan fingerprint density at radius 1 is 1.69 bits per heavy atom. The van der Waals surface area contributed by atoms with Crippen molar-refractivity contribution in [3.63, 3.8) is 0 Å². The molecule has 2 N–H and O–H groups in total. The van der Waals surface area contributed by atoms with Crippen LogP contribution in [0.15, 0.2) is 4.52 Å². The minimum absolute atomic E-state index is 0.208. The molecule has 1 aromatic rings. The molecule has 1 saturated heterocycles. The standard InChI is InChI=1S/C10H17N3O3/c1-3-15-7(2)8-12-9(16-13-8)10(14)4-5-11-6-10/h7,11,14H,3-6H2,1-2H3. The lowest BCUT2D eigenvalue weighted by atomic mass is 10.0. The molecule has 16 heavy (non-hydrogen) atoms. The first-order valence-electron chi connectivity index (χ1n) is 5.54. The van der Waals surface area contributed by atoms with Gasteiger partial charge in [0.25, 0.3) is 5.89 Å². The van der Waals surface area contributed by atoms with Crippen LogP contribution in [0.5, 0.6) is 0 Å². The molecule has 0 aromatic carbocycles. The maximum atomic E-state index is 10.2. The van der Waals surface area contributed by atoms with Crippen molar-refractivity contribution < 1.29 is 14.4 Å². The van der Waals surface area contributed by atoms with E-state index >= 15 is 0 Å². The van der Waals surface area contributed by atoms with Crippen LogP contribution in [0.25, 0.3) is 0 Å². The number of β-amino-alcohol motifs (C(OH)–C–C–N with tert-alkyl or cyclic N) is 1. The van der Waals surface area contributed by atoms with Gasteiger partial charge in [-0.3, -0.25) is 0 Å². The number of hydrogen-bond donors (Lipinski definition) is 2. The second-order valence-corrected chi connectivity index (χ2v) is 4.01. The molecular formula is C10H17N3O3. The van der Waals surface area contributed by atoms with Gasteiger partial charge in [0.2, 0.25) is 0 Å². The smallest absolute Gasteiger partial charge is 0.260 e. The van der Waals surface area contributed by atoms with Crippen LogP contribution in [0.4, 0.5) is 0 Å². The van der Waals surface area contributed by atoms with Crippen molar-refractivity contribution in [2.75, 3.05) is 19.7 Å². The topological polar surface area (TPSA) is 80.4 Å². The van der Waals surface area contributed by atoms with Crippen LogP contribution >= 0.6 is 0 Å². The Balaban J connectivity index is 2.12. The van der Waals surface area contributed by atoms with E-state index in [-0.39, 0.29) is 12.0 Å². The predicted molar refractivity (Wildman–Crippen MR) is 55.7 cm³/mol. The fourth-order valence-corrected chi connectivity index (χ4v) is 1.77. The summed E-state index contributed by atoms with van der Waals surface area (Å²) in [5.41, 5.74) is -1.02. The molecule has 0 amide bonds. The van der Waals surface area contributed by atoms with Gasteiger partial charge in [0.15, 0.2) is 11.4 Å². The van der Waals surface area contributed by atoms with Gasteiger partial charge in [-0.25, -0.2) is 0 Å². The number of nitrogens with zero attached hydrogens (tertiary/aromatic N) is 2. The van der Waals surface area contributed by atoms with Crippen molar-refractivity contribution >= 4 is 0 Å². The first kappa shape index (κ1) is 11.5. The van der Waals surface area contributed by atoms with E-state index in [1.165, 1.54) is 0 Å². The summed E-state index contributed by atoms with van der Waals surface area (Å²) in [6.45, 7) is 5.57. The molecule has 2 unspecified atom stereocenters. The Morgan fingerprint density at radius 2 is 2.50 bits per heavy atom. The molecule has 0 spiro atoms. The molecule has 0 radical (unpaired) electrons. The number of ether oxygens (including phenoxy) is 1. The van der Waals surface area contributed by atoms with Gasteiger partial charge in [0.1, 0.15) is 6.10 Å². The summed E-state index contributed by atoms with van der Waals surface area (Å²) in [6, 6.07) is 0. The molecule has 0 saturated carbocycles.